The van der Waals surface area contributed by atoms with Crippen LogP contribution < -0.4 is 9.64 Å². The Morgan fingerprint density at radius 2 is 1.55 bits per heavy atom. The Morgan fingerprint density at radius 3 is 2.05 bits per heavy atom. The van der Waals surface area contributed by atoms with Crippen LogP contribution in [0.25, 0.3) is 0 Å². The molecule has 0 spiro atoms. The first-order chi connectivity index (χ1) is 10.6. The highest BCUT2D eigenvalue weighted by atomic mass is 16.5. The van der Waals surface area contributed by atoms with Gasteiger partial charge in [0.2, 0.25) is 0 Å². The number of benzene rings is 1. The summed E-state index contributed by atoms with van der Waals surface area (Å²) >= 11 is 0. The van der Waals surface area contributed by atoms with Crippen LogP contribution in [0.5, 0.6) is 5.75 Å². The Labute approximate surface area is 129 Å². The van der Waals surface area contributed by atoms with Crippen molar-refractivity contribution >= 4 is 17.6 Å². The minimum atomic E-state index is -0.529. The average Bonchev–Trinajstić information content (AvgIpc) is 2.59. The summed E-state index contributed by atoms with van der Waals surface area (Å²) < 4.78 is 15.2. The summed E-state index contributed by atoms with van der Waals surface area (Å²) in [5, 5.41) is 0. The van der Waals surface area contributed by atoms with E-state index in [2.05, 4.69) is 0 Å². The van der Waals surface area contributed by atoms with Crippen LogP contribution in [-0.2, 0) is 19.1 Å². The van der Waals surface area contributed by atoms with Gasteiger partial charge in [-0.15, -0.1) is 0 Å². The predicted octanol–water partition coefficient (Wildman–Crippen LogP) is 1.77. The number of ether oxygens (including phenoxy) is 3. The van der Waals surface area contributed by atoms with Crippen LogP contribution in [-0.4, -0.2) is 45.4 Å². The van der Waals surface area contributed by atoms with Gasteiger partial charge in [0.25, 0.3) is 0 Å². The van der Waals surface area contributed by atoms with Gasteiger partial charge in [0.15, 0.2) is 0 Å². The average molecular weight is 307 g/mol. The van der Waals surface area contributed by atoms with E-state index in [9.17, 15) is 9.59 Å². The molecule has 0 bridgehead atoms. The van der Waals surface area contributed by atoms with Crippen LogP contribution in [0.4, 0.5) is 5.69 Å². The summed E-state index contributed by atoms with van der Waals surface area (Å²) in [6.07, 6.45) is 2.00. The summed E-state index contributed by atoms with van der Waals surface area (Å²) in [7, 11) is 4.26. The zero-order chi connectivity index (χ0) is 16.1. The molecule has 0 N–H and O–H groups in total. The molecule has 6 nitrogen and oxygen atoms in total. The number of piperidine rings is 1. The van der Waals surface area contributed by atoms with Gasteiger partial charge < -0.3 is 19.1 Å². The molecule has 0 aliphatic carbocycles. The van der Waals surface area contributed by atoms with E-state index in [1.807, 2.05) is 18.2 Å². The fourth-order valence-electron chi connectivity index (χ4n) is 2.91. The molecule has 1 aliphatic heterocycles. The first-order valence-electron chi connectivity index (χ1n) is 7.21. The zero-order valence-electron chi connectivity index (χ0n) is 13.1. The molecule has 1 saturated heterocycles. The minimum absolute atomic E-state index is 0.362. The predicted molar refractivity (Wildman–Crippen MR) is 80.9 cm³/mol. The van der Waals surface area contributed by atoms with Crippen molar-refractivity contribution in [1.29, 1.82) is 0 Å². The molecule has 1 heterocycles. The molecule has 0 saturated carbocycles. The van der Waals surface area contributed by atoms with Crippen molar-refractivity contribution in [1.82, 2.24) is 0 Å². The lowest BCUT2D eigenvalue weighted by atomic mass is 9.94. The van der Waals surface area contributed by atoms with Crippen LogP contribution >= 0.6 is 0 Å². The Morgan fingerprint density at radius 1 is 1.00 bits per heavy atom. The minimum Gasteiger partial charge on any atom is -0.495 e. The van der Waals surface area contributed by atoms with Crippen LogP contribution in [0, 0.1) is 0 Å². The third kappa shape index (κ3) is 3.00. The number of nitrogens with zero attached hydrogens (tertiary/aromatic N) is 1. The second-order valence-electron chi connectivity index (χ2n) is 5.09. The number of anilines is 1. The van der Waals surface area contributed by atoms with E-state index in [1.54, 1.807) is 18.1 Å². The van der Waals surface area contributed by atoms with Crippen LogP contribution in [0.3, 0.4) is 0 Å². The van der Waals surface area contributed by atoms with E-state index in [0.29, 0.717) is 24.3 Å². The van der Waals surface area contributed by atoms with Crippen molar-refractivity contribution in [3.8, 4) is 5.75 Å². The SMILES string of the molecule is COC(=O)C1CCCC(C(=O)OC)N1c1ccccc1OC. The largest absolute Gasteiger partial charge is 0.495 e. The Bertz CT molecular complexity index is 521. The fraction of sp³-hybridized carbons (Fsp3) is 0.500. The molecule has 2 rings (SSSR count). The lowest BCUT2D eigenvalue weighted by molar-refractivity contribution is -0.146. The van der Waals surface area contributed by atoms with Crippen molar-refractivity contribution in [2.24, 2.45) is 0 Å². The molecule has 120 valence electrons. The molecule has 2 unspecified atom stereocenters. The smallest absolute Gasteiger partial charge is 0.328 e. The van der Waals surface area contributed by atoms with E-state index in [4.69, 9.17) is 14.2 Å². The molecule has 2 atom stereocenters. The number of carbonyl (C=O) groups is 2. The fourth-order valence-corrected chi connectivity index (χ4v) is 2.91. The lowest BCUT2D eigenvalue weighted by Gasteiger charge is -2.41. The standard InChI is InChI=1S/C16H21NO5/c1-20-14-10-5-4-7-11(14)17-12(15(18)21-2)8-6-9-13(17)16(19)22-3/h4-5,7,10,12-13H,6,8-9H2,1-3H3. The number of rotatable bonds is 4. The van der Waals surface area contributed by atoms with E-state index >= 15 is 0 Å². The Kier molecular flexibility index (Phi) is 5.25. The molecule has 1 aromatic carbocycles. The van der Waals surface area contributed by atoms with Gasteiger partial charge in [0.1, 0.15) is 17.8 Å². The maximum absolute atomic E-state index is 12.1. The molecular weight excluding hydrogens is 286 g/mol. The lowest BCUT2D eigenvalue weighted by Crippen LogP contribution is -2.54. The summed E-state index contributed by atoms with van der Waals surface area (Å²) in [6, 6.07) is 6.25. The van der Waals surface area contributed by atoms with Crippen molar-refractivity contribution in [3.63, 3.8) is 0 Å². The number of carbonyl (C=O) groups excluding carboxylic acids is 2. The monoisotopic (exact) mass is 307 g/mol. The van der Waals surface area contributed by atoms with Gasteiger partial charge in [-0.3, -0.25) is 0 Å². The maximum Gasteiger partial charge on any atom is 0.328 e. The summed E-state index contributed by atoms with van der Waals surface area (Å²) in [5.74, 6) is -0.119. The highest BCUT2D eigenvalue weighted by Crippen LogP contribution is 2.36. The number of hydrogen-bond acceptors (Lipinski definition) is 6. The molecule has 0 aromatic heterocycles. The Balaban J connectivity index is 2.48. The molecule has 0 radical (unpaired) electrons. The van der Waals surface area contributed by atoms with Gasteiger partial charge in [-0.25, -0.2) is 9.59 Å². The first kappa shape index (κ1) is 16.1. The first-order valence-corrected chi connectivity index (χ1v) is 7.21. The van der Waals surface area contributed by atoms with Crippen molar-refractivity contribution < 1.29 is 23.8 Å². The van der Waals surface area contributed by atoms with Gasteiger partial charge >= 0.3 is 11.9 Å². The van der Waals surface area contributed by atoms with Gasteiger partial charge in [0.05, 0.1) is 27.0 Å². The Hall–Kier alpha value is -2.24. The summed E-state index contributed by atoms with van der Waals surface area (Å²) in [4.78, 5) is 26.1. The van der Waals surface area contributed by atoms with Gasteiger partial charge in [0, 0.05) is 0 Å². The van der Waals surface area contributed by atoms with Gasteiger partial charge in [-0.2, -0.15) is 0 Å². The molecule has 0 amide bonds. The van der Waals surface area contributed by atoms with Crippen LogP contribution in [0.1, 0.15) is 19.3 Å². The molecule has 1 aliphatic rings. The molecule has 22 heavy (non-hydrogen) atoms. The molecular formula is C16H21NO5. The van der Waals surface area contributed by atoms with Crippen molar-refractivity contribution in [2.75, 3.05) is 26.2 Å². The second kappa shape index (κ2) is 7.15. The summed E-state index contributed by atoms with van der Waals surface area (Å²) in [6.45, 7) is 0. The van der Waals surface area contributed by atoms with Crippen LogP contribution in [0.2, 0.25) is 0 Å². The van der Waals surface area contributed by atoms with E-state index in [-0.39, 0.29) is 11.9 Å². The highest BCUT2D eigenvalue weighted by molar-refractivity contribution is 5.88. The van der Waals surface area contributed by atoms with Crippen LogP contribution in [0.15, 0.2) is 24.3 Å². The third-order valence-corrected chi connectivity index (χ3v) is 3.94. The number of methoxy groups -OCH3 is 3. The van der Waals surface area contributed by atoms with Crippen molar-refractivity contribution in [2.45, 2.75) is 31.3 Å². The normalized spacial score (nSPS) is 21.1. The highest BCUT2D eigenvalue weighted by Gasteiger charge is 2.40. The van der Waals surface area contributed by atoms with Gasteiger partial charge in [-0.05, 0) is 31.4 Å². The van der Waals surface area contributed by atoms with Crippen molar-refractivity contribution in [3.05, 3.63) is 24.3 Å². The topological polar surface area (TPSA) is 65.1 Å². The molecule has 6 heteroatoms. The number of esters is 2. The van der Waals surface area contributed by atoms with E-state index in [0.717, 1.165) is 6.42 Å². The summed E-state index contributed by atoms with van der Waals surface area (Å²) in [5.41, 5.74) is 0.690. The number of hydrogen-bond donors (Lipinski definition) is 0. The van der Waals surface area contributed by atoms with E-state index < -0.39 is 12.1 Å². The third-order valence-electron chi connectivity index (χ3n) is 3.94. The quantitative estimate of drug-likeness (QED) is 0.790. The van der Waals surface area contributed by atoms with E-state index in [1.165, 1.54) is 14.2 Å². The van der Waals surface area contributed by atoms with Gasteiger partial charge in [-0.1, -0.05) is 12.1 Å². The molecule has 1 aromatic rings. The second-order valence-corrected chi connectivity index (χ2v) is 5.09. The zero-order valence-corrected chi connectivity index (χ0v) is 13.1. The maximum atomic E-state index is 12.1. The molecule has 1 fully saturated rings. The number of para-hydroxylation sites is 2.